The van der Waals surface area contributed by atoms with Crippen molar-refractivity contribution in [2.24, 2.45) is 0 Å². The summed E-state index contributed by atoms with van der Waals surface area (Å²) in [4.78, 5) is 55.5. The van der Waals surface area contributed by atoms with Gasteiger partial charge in [0.25, 0.3) is 0 Å². The van der Waals surface area contributed by atoms with Crippen molar-refractivity contribution in [3.8, 4) is 0 Å². The van der Waals surface area contributed by atoms with E-state index >= 15 is 0 Å². The fourth-order valence-electron chi connectivity index (χ4n) is 1.17. The summed E-state index contributed by atoms with van der Waals surface area (Å²) in [6.45, 7) is 10.4. The molecule has 0 bridgehead atoms. The fraction of sp³-hybridized carbons (Fsp3) is 0.647. The molecule has 0 amide bonds. The van der Waals surface area contributed by atoms with Gasteiger partial charge in [0.2, 0.25) is 0 Å². The van der Waals surface area contributed by atoms with E-state index in [4.69, 9.17) is 31.2 Å². The third kappa shape index (κ3) is 27.0. The SMILES string of the molecule is C.C.C.C=C(C)C(=O)OCC(C)OP(=O)(O)O.C=C(C)C(=O)OCC(CCl)OP(=O)(O)O. The van der Waals surface area contributed by atoms with Crippen LogP contribution in [0.4, 0.5) is 0 Å². The van der Waals surface area contributed by atoms with Gasteiger partial charge in [-0.2, -0.15) is 0 Å². The van der Waals surface area contributed by atoms with E-state index in [1.165, 1.54) is 20.8 Å². The Bertz CT molecular complexity index is 670. The number of halogens is 1. The lowest BCUT2D eigenvalue weighted by molar-refractivity contribution is -0.142. The average Bonchev–Trinajstić information content (AvgIpc) is 2.53. The normalized spacial score (nSPS) is 12.1. The molecule has 0 saturated carbocycles. The predicted octanol–water partition coefficient (Wildman–Crippen LogP) is 3.33. The first-order valence-electron chi connectivity index (χ1n) is 7.67. The zero-order valence-corrected chi connectivity index (χ0v) is 18.6. The fourth-order valence-corrected chi connectivity index (χ4v) is 2.46. The molecule has 0 radical (unpaired) electrons. The van der Waals surface area contributed by atoms with Crippen molar-refractivity contribution >= 4 is 39.2 Å². The van der Waals surface area contributed by atoms with Crippen molar-refractivity contribution in [1.29, 1.82) is 0 Å². The molecule has 0 rings (SSSR count). The lowest BCUT2D eigenvalue weighted by Crippen LogP contribution is -2.23. The number of rotatable bonds is 11. The molecule has 194 valence electrons. The smallest absolute Gasteiger partial charge is 0.460 e. The molecule has 0 aromatic heterocycles. The van der Waals surface area contributed by atoms with Crippen molar-refractivity contribution in [3.05, 3.63) is 24.3 Å². The van der Waals surface area contributed by atoms with E-state index in [1.54, 1.807) is 0 Å². The summed E-state index contributed by atoms with van der Waals surface area (Å²) in [7, 11) is -9.14. The number of carbonyl (C=O) groups excluding carboxylic acids is 2. The molecule has 0 aromatic carbocycles. The van der Waals surface area contributed by atoms with E-state index in [9.17, 15) is 18.7 Å². The van der Waals surface area contributed by atoms with Crippen LogP contribution in [0, 0.1) is 0 Å². The molecule has 32 heavy (non-hydrogen) atoms. The van der Waals surface area contributed by atoms with E-state index in [-0.39, 0.29) is 52.5 Å². The number of carbonyl (C=O) groups is 2. The van der Waals surface area contributed by atoms with Crippen LogP contribution in [0.3, 0.4) is 0 Å². The average molecular weight is 531 g/mol. The van der Waals surface area contributed by atoms with Crippen molar-refractivity contribution < 1.29 is 56.8 Å². The third-order valence-electron chi connectivity index (χ3n) is 2.32. The van der Waals surface area contributed by atoms with Gasteiger partial charge in [-0.3, -0.25) is 9.05 Å². The quantitative estimate of drug-likeness (QED) is 0.132. The molecular formula is C17H37ClO12P2. The van der Waals surface area contributed by atoms with Gasteiger partial charge in [0, 0.05) is 11.1 Å². The van der Waals surface area contributed by atoms with Gasteiger partial charge in [-0.05, 0) is 20.8 Å². The second-order valence-corrected chi connectivity index (χ2v) is 8.23. The van der Waals surface area contributed by atoms with Crippen LogP contribution in [0.5, 0.6) is 0 Å². The molecule has 4 N–H and O–H groups in total. The van der Waals surface area contributed by atoms with Crippen LogP contribution in [0.15, 0.2) is 24.3 Å². The molecule has 0 aliphatic heterocycles. The topological polar surface area (TPSA) is 186 Å². The maximum Gasteiger partial charge on any atom is 0.470 e. The van der Waals surface area contributed by atoms with Gasteiger partial charge in [-0.1, -0.05) is 35.4 Å². The zero-order chi connectivity index (χ0) is 23.4. The lowest BCUT2D eigenvalue weighted by atomic mass is 10.3. The maximum atomic E-state index is 10.9. The minimum absolute atomic E-state index is 0. The third-order valence-corrected chi connectivity index (χ3v) is 3.87. The summed E-state index contributed by atoms with van der Waals surface area (Å²) >= 11 is 5.35. The first kappa shape index (κ1) is 41.2. The molecule has 0 spiro atoms. The van der Waals surface area contributed by atoms with Crippen LogP contribution in [0.25, 0.3) is 0 Å². The first-order valence-corrected chi connectivity index (χ1v) is 11.3. The number of ether oxygens (including phenoxy) is 2. The number of hydrogen-bond acceptors (Lipinski definition) is 8. The molecule has 2 unspecified atom stereocenters. The van der Waals surface area contributed by atoms with Crippen molar-refractivity contribution in [3.63, 3.8) is 0 Å². The molecule has 0 aliphatic carbocycles. The molecule has 12 nitrogen and oxygen atoms in total. The summed E-state index contributed by atoms with van der Waals surface area (Å²) < 4.78 is 38.5. The Kier molecular flexibility index (Phi) is 25.0. The highest BCUT2D eigenvalue weighted by molar-refractivity contribution is 7.46. The Hall–Kier alpha value is -1.07. The monoisotopic (exact) mass is 530 g/mol. The number of phosphoric ester groups is 2. The highest BCUT2D eigenvalue weighted by Gasteiger charge is 2.23. The largest absolute Gasteiger partial charge is 0.470 e. The molecular weight excluding hydrogens is 494 g/mol. The van der Waals surface area contributed by atoms with Gasteiger partial charge >= 0.3 is 27.6 Å². The van der Waals surface area contributed by atoms with E-state index < -0.39 is 39.8 Å². The molecule has 2 atom stereocenters. The van der Waals surface area contributed by atoms with Crippen LogP contribution in [-0.2, 0) is 37.2 Å². The highest BCUT2D eigenvalue weighted by Crippen LogP contribution is 2.38. The van der Waals surface area contributed by atoms with Gasteiger partial charge < -0.3 is 29.0 Å². The number of alkyl halides is 1. The standard InChI is InChI=1S/C7H12ClO6P.C7H13O6P.3CH4/c1-5(2)7(9)13-4-6(3-8)14-15(10,11)12;1-5(2)7(8)12-4-6(3)13-14(9,10)11;;;/h6H,1,3-4H2,2H3,(H2,10,11,12);6H,1,4H2,2-3H3,(H2,9,10,11);3*1H4. The van der Waals surface area contributed by atoms with E-state index in [1.807, 2.05) is 0 Å². The zero-order valence-electron chi connectivity index (χ0n) is 16.0. The summed E-state index contributed by atoms with van der Waals surface area (Å²) in [5.74, 6) is -1.49. The van der Waals surface area contributed by atoms with Gasteiger partial charge in [-0.15, -0.1) is 11.6 Å². The second-order valence-electron chi connectivity index (χ2n) is 5.54. The maximum absolute atomic E-state index is 10.9. The summed E-state index contributed by atoms with van der Waals surface area (Å²) in [6, 6.07) is 0. The van der Waals surface area contributed by atoms with Crippen LogP contribution < -0.4 is 0 Å². The number of hydrogen-bond donors (Lipinski definition) is 4. The number of esters is 2. The van der Waals surface area contributed by atoms with Gasteiger partial charge in [-0.25, -0.2) is 18.7 Å². The molecule has 0 saturated heterocycles. The van der Waals surface area contributed by atoms with Crippen molar-refractivity contribution in [2.45, 2.75) is 55.3 Å². The first-order chi connectivity index (χ1) is 13.0. The van der Waals surface area contributed by atoms with Crippen LogP contribution in [-0.4, -0.2) is 62.8 Å². The van der Waals surface area contributed by atoms with Gasteiger partial charge in [0.15, 0.2) is 0 Å². The predicted molar refractivity (Wildman–Crippen MR) is 122 cm³/mol. The van der Waals surface area contributed by atoms with Crippen molar-refractivity contribution in [2.75, 3.05) is 19.1 Å². The minimum atomic E-state index is -4.62. The Balaban J connectivity index is -0.000000139. The van der Waals surface area contributed by atoms with Crippen molar-refractivity contribution in [1.82, 2.24) is 0 Å². The van der Waals surface area contributed by atoms with E-state index in [0.717, 1.165) is 0 Å². The van der Waals surface area contributed by atoms with Gasteiger partial charge in [0.1, 0.15) is 25.4 Å². The summed E-state index contributed by atoms with van der Waals surface area (Å²) in [5, 5.41) is 0. The van der Waals surface area contributed by atoms with Crippen LogP contribution in [0.2, 0.25) is 0 Å². The summed E-state index contributed by atoms with van der Waals surface area (Å²) in [6.07, 6.45) is -1.91. The number of phosphoric acid groups is 2. The molecule has 0 aromatic rings. The van der Waals surface area contributed by atoms with Crippen LogP contribution in [0.1, 0.15) is 43.1 Å². The Labute approximate surface area is 195 Å². The van der Waals surface area contributed by atoms with E-state index in [0.29, 0.717) is 0 Å². The van der Waals surface area contributed by atoms with E-state index in [2.05, 4.69) is 31.7 Å². The molecule has 0 aliphatic rings. The minimum Gasteiger partial charge on any atom is -0.460 e. The lowest BCUT2D eigenvalue weighted by Gasteiger charge is -2.15. The Morgan fingerprint density at radius 1 is 0.844 bits per heavy atom. The Morgan fingerprint density at radius 2 is 1.19 bits per heavy atom. The summed E-state index contributed by atoms with van der Waals surface area (Å²) in [5.41, 5.74) is 0.396. The highest BCUT2D eigenvalue weighted by atomic mass is 35.5. The van der Waals surface area contributed by atoms with Gasteiger partial charge in [0.05, 0.1) is 5.88 Å². The molecule has 15 heteroatoms. The molecule has 0 fully saturated rings. The Morgan fingerprint density at radius 3 is 1.47 bits per heavy atom. The second kappa shape index (κ2) is 19.4. The molecule has 0 heterocycles. The van der Waals surface area contributed by atoms with Crippen LogP contribution >= 0.6 is 27.2 Å².